The van der Waals surface area contributed by atoms with Gasteiger partial charge in [-0.1, -0.05) is 54.1 Å². The number of benzene rings is 3. The average Bonchev–Trinajstić information content (AvgIpc) is 3.51. The Hall–Kier alpha value is -5.02. The molecule has 4 aromatic rings. The number of hydrogen-bond donors (Lipinski definition) is 0. The lowest BCUT2D eigenvalue weighted by Gasteiger charge is -2.34. The van der Waals surface area contributed by atoms with Gasteiger partial charge in [-0.2, -0.15) is 0 Å². The minimum absolute atomic E-state index is 0.0263. The van der Waals surface area contributed by atoms with E-state index in [2.05, 4.69) is 9.88 Å². The van der Waals surface area contributed by atoms with Crippen molar-refractivity contribution in [3.63, 3.8) is 0 Å². The molecule has 44 heavy (non-hydrogen) atoms. The molecule has 224 valence electrons. The van der Waals surface area contributed by atoms with E-state index in [1.54, 1.807) is 41.4 Å². The Morgan fingerprint density at radius 2 is 1.48 bits per heavy atom. The number of aryl methyl sites for hydroxylation is 1. The molecule has 0 atom stereocenters. The van der Waals surface area contributed by atoms with Gasteiger partial charge in [-0.15, -0.1) is 0 Å². The van der Waals surface area contributed by atoms with Gasteiger partial charge < -0.3 is 19.1 Å². The van der Waals surface area contributed by atoms with E-state index in [9.17, 15) is 14.4 Å². The molecule has 0 bridgehead atoms. The van der Waals surface area contributed by atoms with Gasteiger partial charge in [-0.3, -0.25) is 19.3 Å². The Morgan fingerprint density at radius 1 is 0.773 bits per heavy atom. The van der Waals surface area contributed by atoms with Gasteiger partial charge in [0.1, 0.15) is 5.75 Å². The number of carbonyl (C=O) groups is 3. The molecule has 0 unspecified atom stereocenters. The fourth-order valence-corrected chi connectivity index (χ4v) is 5.24. The number of piperazine rings is 1. The second kappa shape index (κ2) is 13.1. The Morgan fingerprint density at radius 3 is 2.20 bits per heavy atom. The van der Waals surface area contributed by atoms with E-state index in [1.165, 1.54) is 0 Å². The van der Waals surface area contributed by atoms with Crippen molar-refractivity contribution in [2.45, 2.75) is 26.3 Å². The Bertz CT molecular complexity index is 1640. The number of rotatable bonds is 10. The van der Waals surface area contributed by atoms with Crippen molar-refractivity contribution in [3.05, 3.63) is 113 Å². The van der Waals surface area contributed by atoms with Crippen molar-refractivity contribution in [3.8, 4) is 23.1 Å². The number of aromatic nitrogens is 1. The van der Waals surface area contributed by atoms with Gasteiger partial charge in [0.2, 0.25) is 18.5 Å². The van der Waals surface area contributed by atoms with Crippen molar-refractivity contribution in [2.24, 2.45) is 0 Å². The predicted molar refractivity (Wildman–Crippen MR) is 163 cm³/mol. The van der Waals surface area contributed by atoms with Crippen LogP contribution in [0.15, 0.2) is 85.1 Å². The molecule has 0 spiro atoms. The highest BCUT2D eigenvalue weighted by molar-refractivity contribution is 6.36. The Balaban J connectivity index is 0.949. The van der Waals surface area contributed by atoms with Crippen molar-refractivity contribution < 1.29 is 28.6 Å². The van der Waals surface area contributed by atoms with Crippen LogP contribution in [-0.2, 0) is 29.0 Å². The molecule has 2 aliphatic rings. The maximum absolute atomic E-state index is 12.9. The van der Waals surface area contributed by atoms with Crippen LogP contribution >= 0.6 is 0 Å². The van der Waals surface area contributed by atoms with Crippen LogP contribution < -0.4 is 14.2 Å². The summed E-state index contributed by atoms with van der Waals surface area (Å²) in [6, 6.07) is 24.0. The lowest BCUT2D eigenvalue weighted by Crippen LogP contribution is -2.50. The van der Waals surface area contributed by atoms with Gasteiger partial charge in [-0.25, -0.2) is 4.98 Å². The zero-order chi connectivity index (χ0) is 30.5. The van der Waals surface area contributed by atoms with E-state index in [0.29, 0.717) is 43.4 Å². The van der Waals surface area contributed by atoms with E-state index >= 15 is 0 Å². The molecule has 9 nitrogen and oxygen atoms in total. The smallest absolute Gasteiger partial charge is 0.290 e. The standard InChI is InChI=1S/C35H33N3O6/c1-24-2-8-28(9-3-24)30(39)19-26-7-13-34(36-21-26)44-29-10-4-25(5-11-29)18-31(40)35(41)38-16-14-37(15-17-38)22-27-6-12-32-33(20-27)43-23-42-32/h2-13,20-21H,14-19,22-23H2,1H3. The first-order valence-corrected chi connectivity index (χ1v) is 14.6. The molecule has 3 heterocycles. The maximum atomic E-state index is 12.9. The van der Waals surface area contributed by atoms with Crippen molar-refractivity contribution >= 4 is 17.5 Å². The first-order chi connectivity index (χ1) is 21.4. The summed E-state index contributed by atoms with van der Waals surface area (Å²) >= 11 is 0. The predicted octanol–water partition coefficient (Wildman–Crippen LogP) is 4.79. The van der Waals surface area contributed by atoms with Crippen LogP contribution in [0.25, 0.3) is 0 Å². The number of fused-ring (bicyclic) bond motifs is 1. The van der Waals surface area contributed by atoms with Gasteiger partial charge in [0, 0.05) is 63.4 Å². The quantitative estimate of drug-likeness (QED) is 0.192. The number of nitrogens with zero attached hydrogens (tertiary/aromatic N) is 3. The molecule has 6 rings (SSSR count). The number of ketones is 2. The molecule has 1 amide bonds. The minimum atomic E-state index is -0.446. The van der Waals surface area contributed by atoms with E-state index in [-0.39, 0.29) is 25.4 Å². The number of carbonyl (C=O) groups excluding carboxylic acids is 3. The summed E-state index contributed by atoms with van der Waals surface area (Å²) in [4.78, 5) is 46.4. The molecule has 0 N–H and O–H groups in total. The normalized spacial score (nSPS) is 14.3. The van der Waals surface area contributed by atoms with E-state index < -0.39 is 11.7 Å². The van der Waals surface area contributed by atoms with Crippen molar-refractivity contribution in [1.82, 2.24) is 14.8 Å². The molecule has 1 aromatic heterocycles. The van der Waals surface area contributed by atoms with Gasteiger partial charge in [-0.05, 0) is 47.9 Å². The van der Waals surface area contributed by atoms with Gasteiger partial charge in [0.15, 0.2) is 17.3 Å². The molecular weight excluding hydrogens is 558 g/mol. The lowest BCUT2D eigenvalue weighted by atomic mass is 10.0. The second-order valence-electron chi connectivity index (χ2n) is 11.1. The van der Waals surface area contributed by atoms with E-state index in [0.717, 1.165) is 40.3 Å². The van der Waals surface area contributed by atoms with E-state index in [1.807, 2.05) is 55.5 Å². The summed E-state index contributed by atoms with van der Waals surface area (Å²) in [5, 5.41) is 0. The number of ether oxygens (including phenoxy) is 3. The monoisotopic (exact) mass is 591 g/mol. The van der Waals surface area contributed by atoms with Crippen LogP contribution in [0, 0.1) is 6.92 Å². The zero-order valence-corrected chi connectivity index (χ0v) is 24.5. The molecule has 9 heteroatoms. The fourth-order valence-electron chi connectivity index (χ4n) is 5.24. The summed E-state index contributed by atoms with van der Waals surface area (Å²) < 4.78 is 16.7. The third-order valence-corrected chi connectivity index (χ3v) is 7.79. The molecule has 3 aromatic carbocycles. The molecule has 0 radical (unpaired) electrons. The molecular formula is C35H33N3O6. The van der Waals surface area contributed by atoms with Crippen LogP contribution in [0.2, 0.25) is 0 Å². The summed E-state index contributed by atoms with van der Waals surface area (Å²) in [5.41, 5.74) is 4.43. The first kappa shape index (κ1) is 29.1. The number of pyridine rings is 1. The molecule has 0 saturated carbocycles. The minimum Gasteiger partial charge on any atom is -0.454 e. The van der Waals surface area contributed by atoms with Crippen LogP contribution in [0.5, 0.6) is 23.1 Å². The summed E-state index contributed by atoms with van der Waals surface area (Å²) in [6.07, 6.45) is 1.92. The van der Waals surface area contributed by atoms with Crippen molar-refractivity contribution in [1.29, 1.82) is 0 Å². The van der Waals surface area contributed by atoms with Gasteiger partial charge in [0.25, 0.3) is 5.91 Å². The summed E-state index contributed by atoms with van der Waals surface area (Å²) in [7, 11) is 0. The summed E-state index contributed by atoms with van der Waals surface area (Å²) in [6.45, 7) is 5.38. The average molecular weight is 592 g/mol. The second-order valence-corrected chi connectivity index (χ2v) is 11.1. The highest BCUT2D eigenvalue weighted by Crippen LogP contribution is 2.33. The topological polar surface area (TPSA) is 98.3 Å². The largest absolute Gasteiger partial charge is 0.454 e. The lowest BCUT2D eigenvalue weighted by molar-refractivity contribution is -0.145. The molecule has 1 saturated heterocycles. The SMILES string of the molecule is Cc1ccc(C(=O)Cc2ccc(Oc3ccc(CC(=O)C(=O)N4CCN(Cc5ccc6c(c5)OCO6)CC4)cc3)nc2)cc1. The third-order valence-electron chi connectivity index (χ3n) is 7.79. The van der Waals surface area contributed by atoms with Crippen LogP contribution in [0.4, 0.5) is 0 Å². The van der Waals surface area contributed by atoms with Crippen LogP contribution in [0.1, 0.15) is 32.6 Å². The summed E-state index contributed by atoms with van der Waals surface area (Å²) in [5.74, 6) is 1.63. The molecule has 0 aliphatic carbocycles. The van der Waals surface area contributed by atoms with Crippen LogP contribution in [-0.4, -0.2) is 65.2 Å². The number of amides is 1. The first-order valence-electron chi connectivity index (χ1n) is 14.6. The zero-order valence-electron chi connectivity index (χ0n) is 24.5. The molecule has 1 fully saturated rings. The third kappa shape index (κ3) is 7.12. The fraction of sp³-hybridized carbons (Fsp3) is 0.257. The van der Waals surface area contributed by atoms with Gasteiger partial charge in [0.05, 0.1) is 0 Å². The Labute approximate surface area is 256 Å². The van der Waals surface area contributed by atoms with Gasteiger partial charge >= 0.3 is 0 Å². The number of hydrogen-bond acceptors (Lipinski definition) is 8. The maximum Gasteiger partial charge on any atom is 0.290 e. The van der Waals surface area contributed by atoms with Crippen LogP contribution in [0.3, 0.4) is 0 Å². The Kier molecular flexibility index (Phi) is 8.65. The van der Waals surface area contributed by atoms with Crippen molar-refractivity contribution in [2.75, 3.05) is 33.0 Å². The highest BCUT2D eigenvalue weighted by atomic mass is 16.7. The highest BCUT2D eigenvalue weighted by Gasteiger charge is 2.26. The molecule has 2 aliphatic heterocycles. The van der Waals surface area contributed by atoms with E-state index in [4.69, 9.17) is 14.2 Å². The number of Topliss-reactive ketones (excluding diaryl/α,β-unsaturated/α-hetero) is 2.